The molecule has 0 radical (unpaired) electrons. The molecule has 0 fully saturated rings. The molecule has 3 N–H and O–H groups in total. The van der Waals surface area contributed by atoms with E-state index in [1.807, 2.05) is 30.3 Å². The second-order valence-electron chi connectivity index (χ2n) is 6.19. The summed E-state index contributed by atoms with van der Waals surface area (Å²) in [5.74, 6) is 13.3. The first-order chi connectivity index (χ1) is 13.1. The Morgan fingerprint density at radius 2 is 2.04 bits per heavy atom. The molecule has 27 heavy (non-hydrogen) atoms. The minimum absolute atomic E-state index is 0.371. The molecule has 2 aromatic rings. The van der Waals surface area contributed by atoms with E-state index in [9.17, 15) is 5.11 Å². The molecule has 2 unspecified atom stereocenters. The number of hydrogen-bond acceptors (Lipinski definition) is 6. The minimum atomic E-state index is -0.747. The maximum Gasteiger partial charge on any atom is 0.300 e. The van der Waals surface area contributed by atoms with Gasteiger partial charge in [-0.2, -0.15) is 4.99 Å². The minimum Gasteiger partial charge on any atom is -0.461 e. The fourth-order valence-electron chi connectivity index (χ4n) is 2.73. The van der Waals surface area contributed by atoms with Gasteiger partial charge in [0.05, 0.1) is 6.26 Å². The van der Waals surface area contributed by atoms with Crippen LogP contribution in [-0.2, 0) is 6.42 Å². The van der Waals surface area contributed by atoms with Crippen molar-refractivity contribution in [3.8, 4) is 11.8 Å². The third kappa shape index (κ3) is 3.78. The summed E-state index contributed by atoms with van der Waals surface area (Å²) >= 11 is 0. The van der Waals surface area contributed by atoms with Crippen LogP contribution < -0.4 is 5.84 Å². The second-order valence-corrected chi connectivity index (χ2v) is 6.19. The number of hydrogen-bond donors (Lipinski definition) is 2. The quantitative estimate of drug-likeness (QED) is 0.496. The highest BCUT2D eigenvalue weighted by Crippen LogP contribution is 2.21. The number of aliphatic imine (C=N–C) groups is 2. The van der Waals surface area contributed by atoms with Gasteiger partial charge in [-0.25, -0.2) is 4.99 Å². The molecule has 134 valence electrons. The van der Waals surface area contributed by atoms with Gasteiger partial charge in [0.15, 0.2) is 17.7 Å². The summed E-state index contributed by atoms with van der Waals surface area (Å²) in [5, 5.41) is 14.5. The van der Waals surface area contributed by atoms with Crippen molar-refractivity contribution >= 4 is 17.9 Å². The number of furan rings is 1. The smallest absolute Gasteiger partial charge is 0.300 e. The predicted molar refractivity (Wildman–Crippen MR) is 102 cm³/mol. The van der Waals surface area contributed by atoms with Crippen molar-refractivity contribution in [1.29, 1.82) is 0 Å². The Morgan fingerprint density at radius 3 is 2.81 bits per heavy atom. The van der Waals surface area contributed by atoms with E-state index in [1.165, 1.54) is 6.21 Å². The van der Waals surface area contributed by atoms with Crippen molar-refractivity contribution in [3.05, 3.63) is 71.9 Å². The molecule has 1 aromatic heterocycles. The summed E-state index contributed by atoms with van der Waals surface area (Å²) in [6, 6.07) is 13.5. The predicted octanol–water partition coefficient (Wildman–Crippen LogP) is 1.97. The summed E-state index contributed by atoms with van der Waals surface area (Å²) in [7, 11) is 0. The summed E-state index contributed by atoms with van der Waals surface area (Å²) in [5.41, 5.74) is 1.59. The number of aliphatic hydroxyl groups is 1. The summed E-state index contributed by atoms with van der Waals surface area (Å²) in [4.78, 5) is 8.59. The van der Waals surface area contributed by atoms with E-state index >= 15 is 0 Å². The van der Waals surface area contributed by atoms with Gasteiger partial charge in [0.2, 0.25) is 0 Å². The molecule has 0 spiro atoms. The Kier molecular flexibility index (Phi) is 4.52. The zero-order chi connectivity index (χ0) is 18.7. The van der Waals surface area contributed by atoms with Gasteiger partial charge in [0, 0.05) is 0 Å². The Morgan fingerprint density at radius 1 is 1.19 bits per heavy atom. The molecule has 0 saturated carbocycles. The normalized spacial score (nSPS) is 21.5. The molecule has 7 heteroatoms. The molecule has 3 heterocycles. The van der Waals surface area contributed by atoms with Crippen LogP contribution in [0.25, 0.3) is 0 Å². The molecule has 0 bridgehead atoms. The van der Waals surface area contributed by atoms with E-state index in [0.717, 1.165) is 12.0 Å². The van der Waals surface area contributed by atoms with Gasteiger partial charge in [-0.3, -0.25) is 0 Å². The Balaban J connectivity index is 1.45. The second kappa shape index (κ2) is 7.13. The lowest BCUT2D eigenvalue weighted by Crippen LogP contribution is -2.50. The number of allylic oxidation sites excluding steroid dienone is 1. The van der Waals surface area contributed by atoms with Crippen LogP contribution in [0.5, 0.6) is 0 Å². The molecule has 0 amide bonds. The van der Waals surface area contributed by atoms with E-state index in [1.54, 1.807) is 24.6 Å². The maximum absolute atomic E-state index is 10.1. The highest BCUT2D eigenvalue weighted by Gasteiger charge is 2.39. The van der Waals surface area contributed by atoms with Crippen LogP contribution in [0.1, 0.15) is 17.7 Å². The number of nitrogens with zero attached hydrogens (tertiary/aromatic N) is 4. The average molecular weight is 360 g/mol. The molecule has 1 aromatic carbocycles. The van der Waals surface area contributed by atoms with Gasteiger partial charge >= 0.3 is 0 Å². The van der Waals surface area contributed by atoms with E-state index in [0.29, 0.717) is 29.5 Å². The zero-order valence-electron chi connectivity index (χ0n) is 14.5. The number of aliphatic hydroxyl groups excluding tert-OH is 1. The topological polar surface area (TPSA) is 96.5 Å². The Labute approximate surface area is 156 Å². The van der Waals surface area contributed by atoms with Crippen LogP contribution >= 0.6 is 0 Å². The molecule has 0 aliphatic carbocycles. The van der Waals surface area contributed by atoms with Crippen molar-refractivity contribution in [1.82, 2.24) is 0 Å². The summed E-state index contributed by atoms with van der Waals surface area (Å²) in [6.45, 7) is 0. The SMILES string of the molecule is N[N+]12C=C(C#CC(O)CCc3ccccc3)N=CC1=NC(c1ccco1)=N2. The first-order valence-corrected chi connectivity index (χ1v) is 8.53. The van der Waals surface area contributed by atoms with Gasteiger partial charge in [-0.1, -0.05) is 36.3 Å². The average Bonchev–Trinajstić information content (AvgIpc) is 3.32. The highest BCUT2D eigenvalue weighted by atomic mass is 16.3. The van der Waals surface area contributed by atoms with Crippen molar-refractivity contribution in [2.45, 2.75) is 18.9 Å². The van der Waals surface area contributed by atoms with Gasteiger partial charge < -0.3 is 9.52 Å². The van der Waals surface area contributed by atoms with Crippen molar-refractivity contribution < 1.29 is 14.2 Å². The molecule has 0 saturated heterocycles. The number of benzene rings is 1. The van der Waals surface area contributed by atoms with Crippen molar-refractivity contribution in [2.75, 3.05) is 0 Å². The molecule has 2 aliphatic rings. The lowest BCUT2D eigenvalue weighted by molar-refractivity contribution is -0.803. The first kappa shape index (κ1) is 17.1. The van der Waals surface area contributed by atoms with Gasteiger partial charge in [0.1, 0.15) is 12.3 Å². The van der Waals surface area contributed by atoms with E-state index in [2.05, 4.69) is 26.9 Å². The number of aryl methyl sites for hydroxylation is 1. The van der Waals surface area contributed by atoms with Gasteiger partial charge in [-0.05, 0) is 46.3 Å². The van der Waals surface area contributed by atoms with Crippen LogP contribution in [0, 0.1) is 11.8 Å². The van der Waals surface area contributed by atoms with E-state index < -0.39 is 6.10 Å². The molecular formula is C20H18N5O2+. The summed E-state index contributed by atoms with van der Waals surface area (Å²) < 4.78 is 4.94. The van der Waals surface area contributed by atoms with Crippen LogP contribution in [0.2, 0.25) is 0 Å². The lowest BCUT2D eigenvalue weighted by Gasteiger charge is -2.17. The van der Waals surface area contributed by atoms with Gasteiger partial charge in [0.25, 0.3) is 11.7 Å². The number of quaternary nitrogens is 1. The monoisotopic (exact) mass is 360 g/mol. The maximum atomic E-state index is 10.1. The summed E-state index contributed by atoms with van der Waals surface area (Å²) in [6.07, 6.45) is 5.22. The zero-order valence-corrected chi connectivity index (χ0v) is 14.5. The van der Waals surface area contributed by atoms with Crippen molar-refractivity contribution in [3.63, 3.8) is 0 Å². The Bertz CT molecular complexity index is 1010. The number of nitrogens with two attached hydrogens (primary N) is 1. The number of rotatable bonds is 4. The first-order valence-electron chi connectivity index (χ1n) is 8.53. The molecule has 4 rings (SSSR count). The Hall–Kier alpha value is -3.31. The van der Waals surface area contributed by atoms with E-state index in [4.69, 9.17) is 10.3 Å². The lowest BCUT2D eigenvalue weighted by atomic mass is 10.1. The molecular weight excluding hydrogens is 342 g/mol. The van der Waals surface area contributed by atoms with E-state index in [-0.39, 0.29) is 4.70 Å². The highest BCUT2D eigenvalue weighted by molar-refractivity contribution is 6.31. The molecule has 2 aliphatic heterocycles. The fourth-order valence-corrected chi connectivity index (χ4v) is 2.73. The number of fused-ring (bicyclic) bond motifs is 1. The fraction of sp³-hybridized carbons (Fsp3) is 0.150. The van der Waals surface area contributed by atoms with Gasteiger partial charge in [-0.15, -0.1) is 5.84 Å². The largest absolute Gasteiger partial charge is 0.461 e. The van der Waals surface area contributed by atoms with Crippen LogP contribution in [0.15, 0.2) is 80.1 Å². The molecule has 7 nitrogen and oxygen atoms in total. The third-order valence-corrected chi connectivity index (χ3v) is 4.14. The third-order valence-electron chi connectivity index (χ3n) is 4.14. The standard InChI is InChI=1S/C20H18N5O2/c21-25-14-16(9-11-17(26)10-8-15-5-2-1-3-6-15)22-13-19(25)23-20(24-25)18-7-4-12-27-18/h1-7,12-14,17,26H,8,10,21H2/q+1. The van der Waals surface area contributed by atoms with Crippen LogP contribution in [0.4, 0.5) is 0 Å². The number of amidine groups is 2. The van der Waals surface area contributed by atoms with Crippen LogP contribution in [0.3, 0.4) is 0 Å². The molecule has 2 atom stereocenters. The van der Waals surface area contributed by atoms with Crippen LogP contribution in [-0.4, -0.2) is 33.8 Å². The van der Waals surface area contributed by atoms with Crippen molar-refractivity contribution in [2.24, 2.45) is 20.9 Å².